The molecule has 0 atom stereocenters. The van der Waals surface area contributed by atoms with Gasteiger partial charge in [0.15, 0.2) is 5.82 Å². The SMILES string of the molecule is Cc1ccc(-c2nc3[nH]c(=O)cc(NC(=O)c4ccccc4C)n3n2)cc1. The van der Waals surface area contributed by atoms with Gasteiger partial charge in [-0.25, -0.2) is 0 Å². The molecular weight excluding hydrogens is 342 g/mol. The lowest BCUT2D eigenvalue weighted by Crippen LogP contribution is -2.19. The highest BCUT2D eigenvalue weighted by Crippen LogP contribution is 2.18. The highest BCUT2D eigenvalue weighted by Gasteiger charge is 2.14. The van der Waals surface area contributed by atoms with E-state index in [0.717, 1.165) is 16.7 Å². The summed E-state index contributed by atoms with van der Waals surface area (Å²) in [6.07, 6.45) is 0. The minimum atomic E-state index is -0.370. The average Bonchev–Trinajstić information content (AvgIpc) is 3.06. The lowest BCUT2D eigenvalue weighted by molar-refractivity contribution is 0.102. The van der Waals surface area contributed by atoms with E-state index in [9.17, 15) is 9.59 Å². The van der Waals surface area contributed by atoms with Crippen LogP contribution in [0.5, 0.6) is 0 Å². The molecule has 7 heteroatoms. The molecule has 0 aliphatic rings. The zero-order chi connectivity index (χ0) is 19.0. The van der Waals surface area contributed by atoms with Gasteiger partial charge in [0.25, 0.3) is 11.5 Å². The van der Waals surface area contributed by atoms with Crippen molar-refractivity contribution in [3.05, 3.63) is 81.6 Å². The van der Waals surface area contributed by atoms with Crippen molar-refractivity contribution in [2.24, 2.45) is 0 Å². The van der Waals surface area contributed by atoms with Crippen LogP contribution in [0, 0.1) is 13.8 Å². The van der Waals surface area contributed by atoms with Crippen LogP contribution in [0.15, 0.2) is 59.4 Å². The molecule has 134 valence electrons. The number of H-pyrrole nitrogens is 1. The highest BCUT2D eigenvalue weighted by atomic mass is 16.2. The third-order valence-corrected chi connectivity index (χ3v) is 4.28. The largest absolute Gasteiger partial charge is 0.306 e. The van der Waals surface area contributed by atoms with Gasteiger partial charge in [-0.2, -0.15) is 9.50 Å². The molecule has 4 aromatic rings. The number of amides is 1. The van der Waals surface area contributed by atoms with Crippen molar-refractivity contribution >= 4 is 17.5 Å². The number of anilines is 1. The van der Waals surface area contributed by atoms with Crippen molar-refractivity contribution in [1.29, 1.82) is 0 Å². The number of aromatic amines is 1. The van der Waals surface area contributed by atoms with Gasteiger partial charge < -0.3 is 5.32 Å². The van der Waals surface area contributed by atoms with Crippen LogP contribution >= 0.6 is 0 Å². The van der Waals surface area contributed by atoms with E-state index in [1.165, 1.54) is 10.6 Å². The molecule has 0 spiro atoms. The van der Waals surface area contributed by atoms with E-state index in [0.29, 0.717) is 11.4 Å². The number of benzene rings is 2. The molecule has 2 aromatic heterocycles. The summed E-state index contributed by atoms with van der Waals surface area (Å²) >= 11 is 0. The molecule has 4 rings (SSSR count). The Bertz CT molecular complexity index is 1210. The van der Waals surface area contributed by atoms with E-state index in [1.54, 1.807) is 12.1 Å². The van der Waals surface area contributed by atoms with E-state index < -0.39 is 0 Å². The molecule has 1 amide bonds. The quantitative estimate of drug-likeness (QED) is 0.588. The van der Waals surface area contributed by atoms with Crippen molar-refractivity contribution in [1.82, 2.24) is 19.6 Å². The fourth-order valence-electron chi connectivity index (χ4n) is 2.82. The van der Waals surface area contributed by atoms with Gasteiger partial charge in [0.1, 0.15) is 5.82 Å². The Balaban J connectivity index is 1.76. The van der Waals surface area contributed by atoms with E-state index in [1.807, 2.05) is 50.2 Å². The first-order valence-electron chi connectivity index (χ1n) is 8.45. The predicted octanol–water partition coefficient (Wildman–Crippen LogP) is 2.95. The molecule has 2 heterocycles. The topological polar surface area (TPSA) is 92.1 Å². The molecule has 0 radical (unpaired) electrons. The number of carbonyl (C=O) groups excluding carboxylic acids is 1. The van der Waals surface area contributed by atoms with E-state index in [-0.39, 0.29) is 23.1 Å². The first kappa shape index (κ1) is 16.7. The van der Waals surface area contributed by atoms with Crippen molar-refractivity contribution in [2.45, 2.75) is 13.8 Å². The lowest BCUT2D eigenvalue weighted by Gasteiger charge is -2.08. The Morgan fingerprint density at radius 2 is 1.81 bits per heavy atom. The van der Waals surface area contributed by atoms with Crippen LogP contribution in [-0.4, -0.2) is 25.5 Å². The van der Waals surface area contributed by atoms with Gasteiger partial charge >= 0.3 is 0 Å². The number of aryl methyl sites for hydroxylation is 2. The fourth-order valence-corrected chi connectivity index (χ4v) is 2.82. The second-order valence-electron chi connectivity index (χ2n) is 6.32. The first-order valence-corrected chi connectivity index (χ1v) is 8.45. The summed E-state index contributed by atoms with van der Waals surface area (Å²) in [4.78, 5) is 31.6. The Hall–Kier alpha value is -3.74. The second kappa shape index (κ2) is 6.53. The molecule has 0 aliphatic heterocycles. The maximum atomic E-state index is 12.6. The maximum Gasteiger partial charge on any atom is 0.257 e. The zero-order valence-electron chi connectivity index (χ0n) is 14.9. The zero-order valence-corrected chi connectivity index (χ0v) is 14.9. The van der Waals surface area contributed by atoms with Crippen LogP contribution in [0.1, 0.15) is 21.5 Å². The molecule has 27 heavy (non-hydrogen) atoms. The number of hydrogen-bond donors (Lipinski definition) is 2. The monoisotopic (exact) mass is 359 g/mol. The normalized spacial score (nSPS) is 10.9. The smallest absolute Gasteiger partial charge is 0.257 e. The third kappa shape index (κ3) is 3.22. The second-order valence-corrected chi connectivity index (χ2v) is 6.32. The van der Waals surface area contributed by atoms with Gasteiger partial charge in [0.2, 0.25) is 5.78 Å². The van der Waals surface area contributed by atoms with Crippen LogP contribution in [0.4, 0.5) is 5.82 Å². The van der Waals surface area contributed by atoms with Crippen molar-refractivity contribution in [3.63, 3.8) is 0 Å². The van der Waals surface area contributed by atoms with Crippen LogP contribution in [0.25, 0.3) is 17.2 Å². The van der Waals surface area contributed by atoms with Gasteiger partial charge in [0.05, 0.1) is 0 Å². The van der Waals surface area contributed by atoms with E-state index >= 15 is 0 Å². The molecule has 0 fully saturated rings. The summed E-state index contributed by atoms with van der Waals surface area (Å²) in [5.41, 5.74) is 2.95. The Morgan fingerprint density at radius 1 is 1.07 bits per heavy atom. The molecule has 0 saturated heterocycles. The highest BCUT2D eigenvalue weighted by molar-refractivity contribution is 6.04. The number of fused-ring (bicyclic) bond motifs is 1. The molecule has 2 N–H and O–H groups in total. The summed E-state index contributed by atoms with van der Waals surface area (Å²) in [5, 5.41) is 7.20. The molecular formula is C20H17N5O2. The predicted molar refractivity (Wildman–Crippen MR) is 103 cm³/mol. The first-order chi connectivity index (χ1) is 13.0. The summed E-state index contributed by atoms with van der Waals surface area (Å²) < 4.78 is 1.42. The summed E-state index contributed by atoms with van der Waals surface area (Å²) in [6, 6.07) is 16.3. The maximum absolute atomic E-state index is 12.6. The van der Waals surface area contributed by atoms with Crippen LogP contribution < -0.4 is 10.9 Å². The Morgan fingerprint density at radius 3 is 2.56 bits per heavy atom. The summed E-state index contributed by atoms with van der Waals surface area (Å²) in [7, 11) is 0. The number of nitrogens with one attached hydrogen (secondary N) is 2. The number of carbonyl (C=O) groups is 1. The van der Waals surface area contributed by atoms with Gasteiger partial charge in [0, 0.05) is 17.2 Å². The molecule has 7 nitrogen and oxygen atoms in total. The van der Waals surface area contributed by atoms with Crippen LogP contribution in [-0.2, 0) is 0 Å². The number of nitrogens with zero attached hydrogens (tertiary/aromatic N) is 3. The minimum absolute atomic E-state index is 0.257. The lowest BCUT2D eigenvalue weighted by atomic mass is 10.1. The summed E-state index contributed by atoms with van der Waals surface area (Å²) in [6.45, 7) is 3.85. The Labute approximate surface area is 154 Å². The van der Waals surface area contributed by atoms with E-state index in [4.69, 9.17) is 0 Å². The van der Waals surface area contributed by atoms with Gasteiger partial charge in [-0.3, -0.25) is 14.6 Å². The van der Waals surface area contributed by atoms with Crippen LogP contribution in [0.2, 0.25) is 0 Å². The average molecular weight is 359 g/mol. The van der Waals surface area contributed by atoms with Gasteiger partial charge in [-0.15, -0.1) is 5.10 Å². The minimum Gasteiger partial charge on any atom is -0.306 e. The number of aromatic nitrogens is 4. The molecule has 0 bridgehead atoms. The Kier molecular flexibility index (Phi) is 4.04. The van der Waals surface area contributed by atoms with Gasteiger partial charge in [-0.05, 0) is 25.5 Å². The van der Waals surface area contributed by atoms with Crippen molar-refractivity contribution < 1.29 is 4.79 Å². The number of rotatable bonds is 3. The van der Waals surface area contributed by atoms with E-state index in [2.05, 4.69) is 20.4 Å². The fraction of sp³-hybridized carbons (Fsp3) is 0.100. The standard InChI is InChI=1S/C20H17N5O2/c1-12-7-9-14(10-8-12)18-23-20-22-17(26)11-16(25(20)24-18)21-19(27)15-6-4-3-5-13(15)2/h3-11H,1-2H3,(H,21,27)(H,22,23,24,26). The van der Waals surface area contributed by atoms with Gasteiger partial charge in [-0.1, -0.05) is 48.0 Å². The summed E-state index contributed by atoms with van der Waals surface area (Å²) in [5.74, 6) is 0.668. The van der Waals surface area contributed by atoms with Crippen molar-refractivity contribution in [2.75, 3.05) is 5.32 Å². The molecule has 0 aliphatic carbocycles. The molecule has 0 unspecified atom stereocenters. The number of hydrogen-bond acceptors (Lipinski definition) is 4. The third-order valence-electron chi connectivity index (χ3n) is 4.28. The van der Waals surface area contributed by atoms with Crippen molar-refractivity contribution in [3.8, 4) is 11.4 Å². The molecule has 2 aromatic carbocycles. The van der Waals surface area contributed by atoms with Crippen LogP contribution in [0.3, 0.4) is 0 Å². The molecule has 0 saturated carbocycles.